The van der Waals surface area contributed by atoms with E-state index in [1.807, 2.05) is 13.0 Å². The molecule has 0 aromatic heterocycles. The Kier molecular flexibility index (Phi) is 3.29. The Bertz CT molecular complexity index is 432. The van der Waals surface area contributed by atoms with Gasteiger partial charge in [0.05, 0.1) is 12.7 Å². The quantitative estimate of drug-likeness (QED) is 0.545. The fourth-order valence-corrected chi connectivity index (χ4v) is 1.22. The maximum Gasteiger partial charge on any atom is 0.308 e. The molecular weight excluding hydrogens is 194 g/mol. The van der Waals surface area contributed by atoms with Crippen molar-refractivity contribution in [3.63, 3.8) is 0 Å². The standard InChI is InChI=1S/C11H11NO3/c1-7-4-9(6-12)11(15-8(2)13)10(5-7)14-3/h4-5H,1-3H3. The van der Waals surface area contributed by atoms with Crippen LogP contribution in [0.25, 0.3) is 0 Å². The first-order valence-corrected chi connectivity index (χ1v) is 4.35. The average Bonchev–Trinajstić information content (AvgIpc) is 2.19. The smallest absolute Gasteiger partial charge is 0.308 e. The van der Waals surface area contributed by atoms with Gasteiger partial charge in [-0.2, -0.15) is 5.26 Å². The van der Waals surface area contributed by atoms with Crippen molar-refractivity contribution >= 4 is 5.97 Å². The van der Waals surface area contributed by atoms with Crippen molar-refractivity contribution in [2.45, 2.75) is 13.8 Å². The molecule has 0 radical (unpaired) electrons. The summed E-state index contributed by atoms with van der Waals surface area (Å²) in [4.78, 5) is 10.8. The lowest BCUT2D eigenvalue weighted by molar-refractivity contribution is -0.132. The van der Waals surface area contributed by atoms with Crippen molar-refractivity contribution in [3.8, 4) is 17.6 Å². The number of ether oxygens (including phenoxy) is 2. The first-order valence-electron chi connectivity index (χ1n) is 4.35. The number of nitrogens with zero attached hydrogens (tertiary/aromatic N) is 1. The van der Waals surface area contributed by atoms with Crippen LogP contribution in [0.3, 0.4) is 0 Å². The zero-order valence-electron chi connectivity index (χ0n) is 8.83. The van der Waals surface area contributed by atoms with Gasteiger partial charge in [-0.3, -0.25) is 4.79 Å². The Hall–Kier alpha value is -2.02. The molecule has 1 rings (SSSR count). The van der Waals surface area contributed by atoms with Gasteiger partial charge in [-0.25, -0.2) is 0 Å². The number of carbonyl (C=O) groups excluding carboxylic acids is 1. The topological polar surface area (TPSA) is 59.3 Å². The van der Waals surface area contributed by atoms with E-state index in [2.05, 4.69) is 0 Å². The first kappa shape index (κ1) is 11.1. The maximum atomic E-state index is 10.8. The number of hydrogen-bond acceptors (Lipinski definition) is 4. The summed E-state index contributed by atoms with van der Waals surface area (Å²) in [6.45, 7) is 3.11. The van der Waals surface area contributed by atoms with Gasteiger partial charge in [-0.15, -0.1) is 0 Å². The minimum atomic E-state index is -0.478. The van der Waals surface area contributed by atoms with Gasteiger partial charge in [0.15, 0.2) is 11.5 Å². The highest BCUT2D eigenvalue weighted by Crippen LogP contribution is 2.32. The first-order chi connectivity index (χ1) is 7.08. The number of aryl methyl sites for hydroxylation is 1. The lowest BCUT2D eigenvalue weighted by Crippen LogP contribution is -2.05. The van der Waals surface area contributed by atoms with E-state index >= 15 is 0 Å². The highest BCUT2D eigenvalue weighted by atomic mass is 16.6. The van der Waals surface area contributed by atoms with Crippen molar-refractivity contribution in [1.82, 2.24) is 0 Å². The molecule has 0 aliphatic carbocycles. The second-order valence-electron chi connectivity index (χ2n) is 3.05. The van der Waals surface area contributed by atoms with Crippen molar-refractivity contribution in [2.75, 3.05) is 7.11 Å². The Morgan fingerprint density at radius 1 is 1.47 bits per heavy atom. The van der Waals surface area contributed by atoms with Gasteiger partial charge in [-0.05, 0) is 24.6 Å². The molecule has 0 heterocycles. The molecule has 0 fully saturated rings. The highest BCUT2D eigenvalue weighted by molar-refractivity contribution is 5.72. The van der Waals surface area contributed by atoms with E-state index in [1.165, 1.54) is 14.0 Å². The normalized spacial score (nSPS) is 9.20. The summed E-state index contributed by atoms with van der Waals surface area (Å²) in [5.74, 6) is 0.0912. The summed E-state index contributed by atoms with van der Waals surface area (Å²) in [5.41, 5.74) is 1.17. The van der Waals surface area contributed by atoms with E-state index in [9.17, 15) is 4.79 Å². The number of benzene rings is 1. The number of carbonyl (C=O) groups is 1. The van der Waals surface area contributed by atoms with Gasteiger partial charge in [0, 0.05) is 6.92 Å². The van der Waals surface area contributed by atoms with E-state index in [-0.39, 0.29) is 5.75 Å². The van der Waals surface area contributed by atoms with E-state index in [0.717, 1.165) is 5.56 Å². The van der Waals surface area contributed by atoms with Crippen molar-refractivity contribution < 1.29 is 14.3 Å². The number of esters is 1. The molecular formula is C11H11NO3. The van der Waals surface area contributed by atoms with E-state index in [0.29, 0.717) is 11.3 Å². The molecule has 0 unspecified atom stereocenters. The maximum absolute atomic E-state index is 10.8. The number of methoxy groups -OCH3 is 1. The largest absolute Gasteiger partial charge is 0.493 e. The average molecular weight is 205 g/mol. The third-order valence-electron chi connectivity index (χ3n) is 1.79. The van der Waals surface area contributed by atoms with E-state index in [1.54, 1.807) is 12.1 Å². The molecule has 78 valence electrons. The number of rotatable bonds is 2. The molecule has 4 nitrogen and oxygen atoms in total. The zero-order chi connectivity index (χ0) is 11.4. The molecule has 1 aromatic carbocycles. The fraction of sp³-hybridized carbons (Fsp3) is 0.273. The Labute approximate surface area is 88.0 Å². The molecule has 1 aromatic rings. The summed E-state index contributed by atoms with van der Waals surface area (Å²) in [5, 5.41) is 8.88. The predicted octanol–water partition coefficient (Wildman–Crippen LogP) is 1.80. The van der Waals surface area contributed by atoms with Crippen LogP contribution in [0.15, 0.2) is 12.1 Å². The Balaban J connectivity index is 3.31. The number of nitriles is 1. The summed E-state index contributed by atoms with van der Waals surface area (Å²) >= 11 is 0. The molecule has 0 bridgehead atoms. The summed E-state index contributed by atoms with van der Waals surface area (Å²) in [6.07, 6.45) is 0. The molecule has 0 aliphatic heterocycles. The van der Waals surface area contributed by atoms with Crippen LogP contribution in [-0.2, 0) is 4.79 Å². The van der Waals surface area contributed by atoms with Crippen molar-refractivity contribution in [3.05, 3.63) is 23.3 Å². The summed E-state index contributed by atoms with van der Waals surface area (Å²) in [6, 6.07) is 5.31. The van der Waals surface area contributed by atoms with Crippen LogP contribution in [0, 0.1) is 18.3 Å². The third kappa shape index (κ3) is 2.47. The molecule has 0 N–H and O–H groups in total. The second-order valence-corrected chi connectivity index (χ2v) is 3.05. The number of hydrogen-bond donors (Lipinski definition) is 0. The van der Waals surface area contributed by atoms with Crippen LogP contribution >= 0.6 is 0 Å². The van der Waals surface area contributed by atoms with Crippen LogP contribution in [0.2, 0.25) is 0 Å². The van der Waals surface area contributed by atoms with Gasteiger partial charge >= 0.3 is 5.97 Å². The van der Waals surface area contributed by atoms with Gasteiger partial charge in [0.25, 0.3) is 0 Å². The molecule has 15 heavy (non-hydrogen) atoms. The highest BCUT2D eigenvalue weighted by Gasteiger charge is 2.13. The second kappa shape index (κ2) is 4.47. The third-order valence-corrected chi connectivity index (χ3v) is 1.79. The molecule has 0 saturated carbocycles. The van der Waals surface area contributed by atoms with Crippen molar-refractivity contribution in [2.24, 2.45) is 0 Å². The predicted molar refractivity (Wildman–Crippen MR) is 53.8 cm³/mol. The lowest BCUT2D eigenvalue weighted by atomic mass is 10.1. The monoisotopic (exact) mass is 205 g/mol. The minimum absolute atomic E-state index is 0.179. The molecule has 0 atom stereocenters. The van der Waals surface area contributed by atoms with Crippen LogP contribution in [0.1, 0.15) is 18.1 Å². The SMILES string of the molecule is COc1cc(C)cc(C#N)c1OC(C)=O. The van der Waals surface area contributed by atoms with Crippen LogP contribution in [0.4, 0.5) is 0 Å². The molecule has 0 spiro atoms. The van der Waals surface area contributed by atoms with Gasteiger partial charge < -0.3 is 9.47 Å². The fourth-order valence-electron chi connectivity index (χ4n) is 1.22. The zero-order valence-corrected chi connectivity index (χ0v) is 8.83. The van der Waals surface area contributed by atoms with E-state index in [4.69, 9.17) is 14.7 Å². The van der Waals surface area contributed by atoms with Gasteiger partial charge in [-0.1, -0.05) is 0 Å². The van der Waals surface area contributed by atoms with Gasteiger partial charge in [0.2, 0.25) is 0 Å². The van der Waals surface area contributed by atoms with Crippen LogP contribution in [0.5, 0.6) is 11.5 Å². The molecule has 4 heteroatoms. The van der Waals surface area contributed by atoms with Gasteiger partial charge in [0.1, 0.15) is 6.07 Å². The molecule has 0 aliphatic rings. The Morgan fingerprint density at radius 2 is 2.13 bits per heavy atom. The summed E-state index contributed by atoms with van der Waals surface area (Å²) < 4.78 is 9.97. The van der Waals surface area contributed by atoms with Crippen LogP contribution < -0.4 is 9.47 Å². The summed E-state index contributed by atoms with van der Waals surface area (Å²) in [7, 11) is 1.46. The Morgan fingerprint density at radius 3 is 2.60 bits per heavy atom. The molecule has 0 saturated heterocycles. The van der Waals surface area contributed by atoms with Crippen LogP contribution in [-0.4, -0.2) is 13.1 Å². The van der Waals surface area contributed by atoms with Crippen molar-refractivity contribution in [1.29, 1.82) is 5.26 Å². The minimum Gasteiger partial charge on any atom is -0.493 e. The van der Waals surface area contributed by atoms with E-state index < -0.39 is 5.97 Å². The lowest BCUT2D eigenvalue weighted by Gasteiger charge is -2.10. The molecule has 0 amide bonds.